The SMILES string of the molecule is CCCCCCC(O)CN(C)C[C@H](O)[C@@H](O)[C@H](O)[C@H](O)CO. The molecule has 0 aromatic carbocycles. The standard InChI is InChI=1S/C15H33NO6/c1-3-4-5-6-7-11(18)8-16(2)9-12(19)14(21)15(22)13(20)10-17/h11-15,17-22H,3-10H2,1-2H3/t11?,12-,13+,14+,15+/m0/s1. The number of rotatable bonds is 13. The maximum absolute atomic E-state index is 9.90. The Morgan fingerprint density at radius 1 is 0.818 bits per heavy atom. The molecule has 7 heteroatoms. The lowest BCUT2D eigenvalue weighted by atomic mass is 10.0. The van der Waals surface area contributed by atoms with Crippen LogP contribution in [0.3, 0.4) is 0 Å². The summed E-state index contributed by atoms with van der Waals surface area (Å²) < 4.78 is 0. The summed E-state index contributed by atoms with van der Waals surface area (Å²) in [4.78, 5) is 1.66. The van der Waals surface area contributed by atoms with E-state index in [0.717, 1.165) is 25.7 Å². The Kier molecular flexibility index (Phi) is 12.0. The Morgan fingerprint density at radius 3 is 1.95 bits per heavy atom. The minimum atomic E-state index is -1.62. The van der Waals surface area contributed by atoms with E-state index >= 15 is 0 Å². The highest BCUT2D eigenvalue weighted by atomic mass is 16.4. The van der Waals surface area contributed by atoms with Crippen molar-refractivity contribution in [2.24, 2.45) is 0 Å². The fraction of sp³-hybridized carbons (Fsp3) is 1.00. The lowest BCUT2D eigenvalue weighted by Crippen LogP contribution is -2.49. The van der Waals surface area contributed by atoms with E-state index in [-0.39, 0.29) is 6.54 Å². The van der Waals surface area contributed by atoms with Crippen molar-refractivity contribution in [2.75, 3.05) is 26.7 Å². The summed E-state index contributed by atoms with van der Waals surface area (Å²) in [6, 6.07) is 0. The molecule has 0 rings (SSSR count). The van der Waals surface area contributed by atoms with Crippen LogP contribution in [0.15, 0.2) is 0 Å². The largest absolute Gasteiger partial charge is 0.394 e. The van der Waals surface area contributed by atoms with E-state index in [2.05, 4.69) is 6.92 Å². The van der Waals surface area contributed by atoms with Crippen LogP contribution >= 0.6 is 0 Å². The zero-order chi connectivity index (χ0) is 17.1. The van der Waals surface area contributed by atoms with Gasteiger partial charge in [0.15, 0.2) is 0 Å². The molecule has 0 aromatic heterocycles. The van der Waals surface area contributed by atoms with E-state index < -0.39 is 37.1 Å². The van der Waals surface area contributed by atoms with Crippen LogP contribution in [0.2, 0.25) is 0 Å². The first-order valence-corrected chi connectivity index (χ1v) is 8.03. The summed E-state index contributed by atoms with van der Waals surface area (Å²) in [5.41, 5.74) is 0. The number of hydrogen-bond acceptors (Lipinski definition) is 7. The Balaban J connectivity index is 4.05. The lowest BCUT2D eigenvalue weighted by Gasteiger charge is -2.29. The molecule has 5 atom stereocenters. The summed E-state index contributed by atoms with van der Waals surface area (Å²) in [7, 11) is 1.69. The maximum atomic E-state index is 9.90. The van der Waals surface area contributed by atoms with E-state index in [1.165, 1.54) is 0 Å². The zero-order valence-electron chi connectivity index (χ0n) is 13.7. The second kappa shape index (κ2) is 12.2. The van der Waals surface area contributed by atoms with Crippen LogP contribution in [-0.2, 0) is 0 Å². The lowest BCUT2D eigenvalue weighted by molar-refractivity contribution is -0.119. The van der Waals surface area contributed by atoms with Gasteiger partial charge in [0.1, 0.15) is 18.3 Å². The van der Waals surface area contributed by atoms with Crippen LogP contribution in [0.1, 0.15) is 39.0 Å². The first-order valence-electron chi connectivity index (χ1n) is 8.03. The van der Waals surface area contributed by atoms with Crippen molar-refractivity contribution in [1.82, 2.24) is 4.90 Å². The highest BCUT2D eigenvalue weighted by molar-refractivity contribution is 4.82. The average molecular weight is 323 g/mol. The normalized spacial score (nSPS) is 19.0. The summed E-state index contributed by atoms with van der Waals surface area (Å²) in [5.74, 6) is 0. The minimum Gasteiger partial charge on any atom is -0.394 e. The molecule has 0 spiro atoms. The zero-order valence-corrected chi connectivity index (χ0v) is 13.7. The van der Waals surface area contributed by atoms with Gasteiger partial charge in [-0.1, -0.05) is 32.6 Å². The van der Waals surface area contributed by atoms with E-state index in [4.69, 9.17) is 5.11 Å². The Bertz CT molecular complexity index is 268. The molecule has 0 saturated heterocycles. The first kappa shape index (κ1) is 21.7. The third-order valence-corrected chi connectivity index (χ3v) is 3.74. The van der Waals surface area contributed by atoms with Crippen LogP contribution in [-0.4, -0.2) is 92.8 Å². The third kappa shape index (κ3) is 8.99. The highest BCUT2D eigenvalue weighted by Gasteiger charge is 2.30. The Morgan fingerprint density at radius 2 is 1.41 bits per heavy atom. The van der Waals surface area contributed by atoms with E-state index in [9.17, 15) is 25.5 Å². The van der Waals surface area contributed by atoms with Gasteiger partial charge in [-0.3, -0.25) is 0 Å². The molecule has 0 aliphatic heterocycles. The molecule has 0 amide bonds. The van der Waals surface area contributed by atoms with Crippen LogP contribution in [0.25, 0.3) is 0 Å². The van der Waals surface area contributed by atoms with Crippen LogP contribution in [0.5, 0.6) is 0 Å². The molecule has 0 fully saturated rings. The van der Waals surface area contributed by atoms with Crippen molar-refractivity contribution >= 4 is 0 Å². The van der Waals surface area contributed by atoms with Crippen molar-refractivity contribution in [3.63, 3.8) is 0 Å². The van der Waals surface area contributed by atoms with Gasteiger partial charge >= 0.3 is 0 Å². The molecule has 0 heterocycles. The Hall–Kier alpha value is -0.280. The van der Waals surface area contributed by atoms with Gasteiger partial charge in [-0.15, -0.1) is 0 Å². The number of nitrogens with zero attached hydrogens (tertiary/aromatic N) is 1. The second-order valence-electron chi connectivity index (χ2n) is 6.02. The van der Waals surface area contributed by atoms with Gasteiger partial charge in [0, 0.05) is 13.1 Å². The molecule has 7 nitrogen and oxygen atoms in total. The van der Waals surface area contributed by atoms with Crippen molar-refractivity contribution < 1.29 is 30.6 Å². The highest BCUT2D eigenvalue weighted by Crippen LogP contribution is 2.09. The predicted molar refractivity (Wildman–Crippen MR) is 83.4 cm³/mol. The minimum absolute atomic E-state index is 0.0440. The number of unbranched alkanes of at least 4 members (excludes halogenated alkanes) is 3. The van der Waals surface area contributed by atoms with Crippen LogP contribution < -0.4 is 0 Å². The molecule has 134 valence electrons. The van der Waals surface area contributed by atoms with E-state index in [1.807, 2.05) is 0 Å². The van der Waals surface area contributed by atoms with Gasteiger partial charge in [-0.25, -0.2) is 0 Å². The van der Waals surface area contributed by atoms with E-state index in [0.29, 0.717) is 13.0 Å². The molecule has 0 bridgehead atoms. The van der Waals surface area contributed by atoms with E-state index in [1.54, 1.807) is 11.9 Å². The predicted octanol–water partition coefficient (Wildman–Crippen LogP) is -1.31. The van der Waals surface area contributed by atoms with Crippen LogP contribution in [0.4, 0.5) is 0 Å². The molecule has 22 heavy (non-hydrogen) atoms. The molecule has 6 N–H and O–H groups in total. The fourth-order valence-electron chi connectivity index (χ4n) is 2.32. The van der Waals surface area contributed by atoms with Gasteiger partial charge in [-0.05, 0) is 13.5 Å². The molecule has 0 aliphatic rings. The van der Waals surface area contributed by atoms with Gasteiger partial charge < -0.3 is 35.5 Å². The van der Waals surface area contributed by atoms with Gasteiger partial charge in [0.2, 0.25) is 0 Å². The Labute approximate surface area is 132 Å². The number of aliphatic hydroxyl groups excluding tert-OH is 6. The first-order chi connectivity index (χ1) is 10.3. The maximum Gasteiger partial charge on any atom is 0.111 e. The molecule has 0 radical (unpaired) electrons. The van der Waals surface area contributed by atoms with Crippen molar-refractivity contribution in [3.05, 3.63) is 0 Å². The summed E-state index contributed by atoms with van der Waals surface area (Å²) in [5, 5.41) is 56.9. The van der Waals surface area contributed by atoms with Crippen molar-refractivity contribution in [1.29, 1.82) is 0 Å². The monoisotopic (exact) mass is 323 g/mol. The molecule has 0 saturated carbocycles. The summed E-state index contributed by atoms with van der Waals surface area (Å²) in [6.45, 7) is 1.83. The summed E-state index contributed by atoms with van der Waals surface area (Å²) >= 11 is 0. The molecular formula is C15H33NO6. The van der Waals surface area contributed by atoms with Gasteiger partial charge in [0.25, 0.3) is 0 Å². The smallest absolute Gasteiger partial charge is 0.111 e. The molecule has 0 aliphatic carbocycles. The molecule has 1 unspecified atom stereocenters. The number of aliphatic hydroxyl groups is 6. The van der Waals surface area contributed by atoms with Crippen molar-refractivity contribution in [3.8, 4) is 0 Å². The number of likely N-dealkylation sites (N-methyl/N-ethyl adjacent to an activating group) is 1. The molecular weight excluding hydrogens is 290 g/mol. The average Bonchev–Trinajstić information content (AvgIpc) is 2.48. The van der Waals surface area contributed by atoms with Gasteiger partial charge in [0.05, 0.1) is 18.8 Å². The quantitative estimate of drug-likeness (QED) is 0.232. The number of hydrogen-bond donors (Lipinski definition) is 6. The van der Waals surface area contributed by atoms with Gasteiger partial charge in [-0.2, -0.15) is 0 Å². The fourth-order valence-corrected chi connectivity index (χ4v) is 2.32. The van der Waals surface area contributed by atoms with Crippen molar-refractivity contribution in [2.45, 2.75) is 69.5 Å². The topological polar surface area (TPSA) is 125 Å². The van der Waals surface area contributed by atoms with Crippen LogP contribution in [0, 0.1) is 0 Å². The summed E-state index contributed by atoms with van der Waals surface area (Å²) in [6.07, 6.45) is -1.44. The third-order valence-electron chi connectivity index (χ3n) is 3.74. The second-order valence-corrected chi connectivity index (χ2v) is 6.02. The molecule has 0 aromatic rings.